The molecule has 1 aliphatic carbocycles. The Balaban J connectivity index is 1.38. The van der Waals surface area contributed by atoms with Crippen molar-refractivity contribution in [3.63, 3.8) is 0 Å². The Hall–Kier alpha value is -1.58. The minimum Gasteiger partial charge on any atom is -0.444 e. The molecule has 26 heavy (non-hydrogen) atoms. The summed E-state index contributed by atoms with van der Waals surface area (Å²) in [6.07, 6.45) is 9.28. The number of furan rings is 1. The van der Waals surface area contributed by atoms with E-state index in [1.54, 1.807) is 12.3 Å². The van der Waals surface area contributed by atoms with Gasteiger partial charge in [0.1, 0.15) is 11.9 Å². The molecule has 2 fully saturated rings. The molecule has 0 radical (unpaired) electrons. The molecule has 1 aliphatic heterocycles. The second kappa shape index (κ2) is 7.58. The van der Waals surface area contributed by atoms with Crippen molar-refractivity contribution in [1.82, 2.24) is 9.88 Å². The van der Waals surface area contributed by atoms with E-state index < -0.39 is 0 Å². The number of rotatable bonds is 3. The maximum Gasteiger partial charge on any atom is 0.204 e. The van der Waals surface area contributed by atoms with Crippen molar-refractivity contribution in [3.05, 3.63) is 22.5 Å². The van der Waals surface area contributed by atoms with Crippen LogP contribution in [0.5, 0.6) is 0 Å². The van der Waals surface area contributed by atoms with Crippen LogP contribution in [0.25, 0.3) is 11.0 Å². The second-order valence-electron chi connectivity index (χ2n) is 7.79. The summed E-state index contributed by atoms with van der Waals surface area (Å²) in [6, 6.07) is 5.02. The molecule has 2 aromatic rings. The van der Waals surface area contributed by atoms with Gasteiger partial charge in [-0.15, -0.1) is 0 Å². The molecule has 5 nitrogen and oxygen atoms in total. The molecule has 2 aliphatic rings. The van der Waals surface area contributed by atoms with Crippen molar-refractivity contribution in [2.45, 2.75) is 57.5 Å². The lowest BCUT2D eigenvalue weighted by atomic mass is 9.88. The van der Waals surface area contributed by atoms with Crippen LogP contribution < -0.4 is 5.32 Å². The number of fused-ring (bicyclic) bond motifs is 1. The molecule has 1 saturated heterocycles. The van der Waals surface area contributed by atoms with Crippen molar-refractivity contribution in [2.24, 2.45) is 5.92 Å². The standard InChI is InChI=1S/C20H25BrN4O/c1-13-6-8-25(9-7-13)15-4-2-14(3-5-15)24-20-19(21)17-10-16(11-22)26-18(17)12-23-20/h10,12-15H,2-9H2,1H3,(H,23,24). The number of aromatic nitrogens is 1. The summed E-state index contributed by atoms with van der Waals surface area (Å²) in [6.45, 7) is 4.92. The number of nitriles is 1. The van der Waals surface area contributed by atoms with Gasteiger partial charge in [0, 0.05) is 23.5 Å². The molecule has 1 N–H and O–H groups in total. The monoisotopic (exact) mass is 416 g/mol. The van der Waals surface area contributed by atoms with E-state index >= 15 is 0 Å². The van der Waals surface area contributed by atoms with Crippen LogP contribution in [0, 0.1) is 17.2 Å². The van der Waals surface area contributed by atoms with Crippen molar-refractivity contribution >= 4 is 32.7 Å². The van der Waals surface area contributed by atoms with Crippen molar-refractivity contribution in [3.8, 4) is 6.07 Å². The van der Waals surface area contributed by atoms with E-state index in [2.05, 4.69) is 38.1 Å². The summed E-state index contributed by atoms with van der Waals surface area (Å²) in [7, 11) is 0. The van der Waals surface area contributed by atoms with Crippen LogP contribution in [0.15, 0.2) is 21.2 Å². The maximum absolute atomic E-state index is 9.01. The predicted molar refractivity (Wildman–Crippen MR) is 106 cm³/mol. The highest BCUT2D eigenvalue weighted by molar-refractivity contribution is 9.10. The van der Waals surface area contributed by atoms with Crippen molar-refractivity contribution in [1.29, 1.82) is 5.26 Å². The van der Waals surface area contributed by atoms with Crippen LogP contribution in [-0.2, 0) is 0 Å². The van der Waals surface area contributed by atoms with Crippen LogP contribution in [-0.4, -0.2) is 35.1 Å². The van der Waals surface area contributed by atoms with Gasteiger partial charge in [-0.25, -0.2) is 4.98 Å². The molecule has 0 amide bonds. The topological polar surface area (TPSA) is 65.1 Å². The number of halogens is 1. The molecule has 4 rings (SSSR count). The van der Waals surface area contributed by atoms with E-state index in [0.717, 1.165) is 27.6 Å². The number of nitrogens with zero attached hydrogens (tertiary/aromatic N) is 3. The van der Waals surface area contributed by atoms with Gasteiger partial charge >= 0.3 is 0 Å². The summed E-state index contributed by atoms with van der Waals surface area (Å²) in [5.74, 6) is 2.06. The molecule has 2 aromatic heterocycles. The van der Waals surface area contributed by atoms with Gasteiger partial charge in [-0.05, 0) is 73.5 Å². The number of pyridine rings is 1. The molecule has 0 bridgehead atoms. The van der Waals surface area contributed by atoms with Crippen LogP contribution >= 0.6 is 15.9 Å². The van der Waals surface area contributed by atoms with Gasteiger partial charge in [-0.1, -0.05) is 6.92 Å². The third-order valence-electron chi connectivity index (χ3n) is 6.00. The summed E-state index contributed by atoms with van der Waals surface area (Å²) >= 11 is 3.63. The van der Waals surface area contributed by atoms with Crippen LogP contribution in [0.4, 0.5) is 5.82 Å². The summed E-state index contributed by atoms with van der Waals surface area (Å²) in [5, 5.41) is 13.5. The van der Waals surface area contributed by atoms with Gasteiger partial charge in [0.2, 0.25) is 5.76 Å². The fraction of sp³-hybridized carbons (Fsp3) is 0.600. The summed E-state index contributed by atoms with van der Waals surface area (Å²) in [5.41, 5.74) is 0.641. The average Bonchev–Trinajstić information content (AvgIpc) is 3.10. The predicted octanol–water partition coefficient (Wildman–Crippen LogP) is 4.92. The van der Waals surface area contributed by atoms with Gasteiger partial charge in [0.15, 0.2) is 5.58 Å². The molecule has 138 valence electrons. The molecule has 0 atom stereocenters. The van der Waals surface area contributed by atoms with Crippen molar-refractivity contribution in [2.75, 3.05) is 18.4 Å². The zero-order chi connectivity index (χ0) is 18.1. The molecule has 3 heterocycles. The number of nitrogens with one attached hydrogen (secondary N) is 1. The highest BCUT2D eigenvalue weighted by Gasteiger charge is 2.28. The zero-order valence-corrected chi connectivity index (χ0v) is 16.8. The quantitative estimate of drug-likeness (QED) is 0.768. The normalized spacial score (nSPS) is 25.3. The van der Waals surface area contributed by atoms with E-state index in [0.29, 0.717) is 17.4 Å². The molecule has 0 aromatic carbocycles. The van der Waals surface area contributed by atoms with E-state index in [-0.39, 0.29) is 0 Å². The van der Waals surface area contributed by atoms with Crippen LogP contribution in [0.1, 0.15) is 51.2 Å². The number of hydrogen-bond donors (Lipinski definition) is 1. The highest BCUT2D eigenvalue weighted by Crippen LogP contribution is 2.34. The fourth-order valence-corrected chi connectivity index (χ4v) is 4.83. The van der Waals surface area contributed by atoms with E-state index in [1.165, 1.54) is 51.6 Å². The Morgan fingerprint density at radius 2 is 1.96 bits per heavy atom. The number of hydrogen-bond acceptors (Lipinski definition) is 5. The van der Waals surface area contributed by atoms with Gasteiger partial charge < -0.3 is 14.6 Å². The van der Waals surface area contributed by atoms with E-state index in [9.17, 15) is 0 Å². The summed E-state index contributed by atoms with van der Waals surface area (Å²) < 4.78 is 6.33. The number of piperidine rings is 1. The van der Waals surface area contributed by atoms with Crippen molar-refractivity contribution < 1.29 is 4.42 Å². The second-order valence-corrected chi connectivity index (χ2v) is 8.58. The largest absolute Gasteiger partial charge is 0.444 e. The fourth-order valence-electron chi connectivity index (χ4n) is 4.31. The number of likely N-dealkylation sites (tertiary alicyclic amines) is 1. The lowest BCUT2D eigenvalue weighted by molar-refractivity contribution is 0.108. The van der Waals surface area contributed by atoms with Gasteiger partial charge in [0.05, 0.1) is 10.7 Å². The first-order chi connectivity index (χ1) is 12.6. The SMILES string of the molecule is CC1CCN(C2CCC(Nc3ncc4oc(C#N)cc4c3Br)CC2)CC1. The first kappa shape index (κ1) is 17.8. The Morgan fingerprint density at radius 3 is 2.65 bits per heavy atom. The average molecular weight is 417 g/mol. The van der Waals surface area contributed by atoms with Gasteiger partial charge in [-0.2, -0.15) is 5.26 Å². The Morgan fingerprint density at radius 1 is 1.23 bits per heavy atom. The Bertz CT molecular complexity index is 811. The van der Waals surface area contributed by atoms with E-state index in [4.69, 9.17) is 9.68 Å². The molecular weight excluding hydrogens is 392 g/mol. The van der Waals surface area contributed by atoms with Crippen LogP contribution in [0.2, 0.25) is 0 Å². The minimum atomic E-state index is 0.316. The Kier molecular flexibility index (Phi) is 5.19. The third-order valence-corrected chi connectivity index (χ3v) is 6.80. The highest BCUT2D eigenvalue weighted by atomic mass is 79.9. The molecule has 6 heteroatoms. The maximum atomic E-state index is 9.01. The minimum absolute atomic E-state index is 0.316. The summed E-state index contributed by atoms with van der Waals surface area (Å²) in [4.78, 5) is 7.21. The Labute approximate surface area is 162 Å². The van der Waals surface area contributed by atoms with Gasteiger partial charge in [0.25, 0.3) is 0 Å². The van der Waals surface area contributed by atoms with Gasteiger partial charge in [-0.3, -0.25) is 0 Å². The first-order valence-corrected chi connectivity index (χ1v) is 10.4. The molecule has 0 spiro atoms. The van der Waals surface area contributed by atoms with E-state index in [1.807, 2.05) is 6.07 Å². The zero-order valence-electron chi connectivity index (χ0n) is 15.2. The number of anilines is 1. The van der Waals surface area contributed by atoms with Crippen LogP contribution in [0.3, 0.4) is 0 Å². The lowest BCUT2D eigenvalue weighted by Crippen LogP contribution is -2.44. The lowest BCUT2D eigenvalue weighted by Gasteiger charge is -2.40. The third kappa shape index (κ3) is 3.60. The first-order valence-electron chi connectivity index (χ1n) is 9.62. The molecular formula is C20H25BrN4O. The molecule has 0 unspecified atom stereocenters. The smallest absolute Gasteiger partial charge is 0.204 e. The molecule has 1 saturated carbocycles.